The zero-order chi connectivity index (χ0) is 13.1. The number of rotatable bonds is 2. The molecule has 0 unspecified atom stereocenters. The second kappa shape index (κ2) is 5.83. The molecule has 2 aliphatic rings. The zero-order valence-corrected chi connectivity index (χ0v) is 11.7. The number of likely N-dealkylation sites (tertiary alicyclic amines) is 1. The van der Waals surface area contributed by atoms with Gasteiger partial charge in [-0.25, -0.2) is 0 Å². The topological polar surface area (TPSA) is 32.5 Å². The van der Waals surface area contributed by atoms with Gasteiger partial charge in [-0.15, -0.1) is 0 Å². The van der Waals surface area contributed by atoms with Crippen molar-refractivity contribution in [3.63, 3.8) is 0 Å². The average Bonchev–Trinajstić information content (AvgIpc) is 2.49. The Kier molecular flexibility index (Phi) is 3.92. The summed E-state index contributed by atoms with van der Waals surface area (Å²) >= 11 is 0. The van der Waals surface area contributed by atoms with Gasteiger partial charge in [0.1, 0.15) is 0 Å². The highest BCUT2D eigenvalue weighted by molar-refractivity contribution is 5.67. The third kappa shape index (κ3) is 2.86. The Hall–Kier alpha value is -1.22. The van der Waals surface area contributed by atoms with E-state index in [-0.39, 0.29) is 0 Å². The third-order valence-corrected chi connectivity index (χ3v) is 4.65. The van der Waals surface area contributed by atoms with Gasteiger partial charge in [-0.1, -0.05) is 18.6 Å². The zero-order valence-electron chi connectivity index (χ0n) is 11.7. The second-order valence-corrected chi connectivity index (χ2v) is 5.87. The highest BCUT2D eigenvalue weighted by Crippen LogP contribution is 2.28. The molecule has 0 saturated carbocycles. The fourth-order valence-electron chi connectivity index (χ4n) is 3.53. The van der Waals surface area contributed by atoms with Crippen LogP contribution < -0.4 is 10.6 Å². The van der Waals surface area contributed by atoms with E-state index >= 15 is 0 Å². The van der Waals surface area contributed by atoms with Crippen LogP contribution in [-0.2, 0) is 0 Å². The van der Waals surface area contributed by atoms with Crippen molar-refractivity contribution in [3.05, 3.63) is 24.3 Å². The molecule has 2 fully saturated rings. The van der Waals surface area contributed by atoms with E-state index in [0.717, 1.165) is 24.8 Å². The van der Waals surface area contributed by atoms with E-state index in [1.54, 1.807) is 0 Å². The molecule has 0 atom stereocenters. The van der Waals surface area contributed by atoms with Gasteiger partial charge in [-0.2, -0.15) is 0 Å². The molecule has 19 heavy (non-hydrogen) atoms. The van der Waals surface area contributed by atoms with Crippen LogP contribution in [0.2, 0.25) is 0 Å². The van der Waals surface area contributed by atoms with Crippen LogP contribution in [0.4, 0.5) is 11.4 Å². The minimum absolute atomic E-state index is 0.807. The Morgan fingerprint density at radius 1 is 0.895 bits per heavy atom. The molecule has 2 heterocycles. The first kappa shape index (κ1) is 12.8. The summed E-state index contributed by atoms with van der Waals surface area (Å²) in [5.41, 5.74) is 8.21. The van der Waals surface area contributed by atoms with Crippen LogP contribution >= 0.6 is 0 Å². The Balaban J connectivity index is 1.58. The smallest absolute Gasteiger partial charge is 0.0599 e. The molecule has 2 aliphatic heterocycles. The van der Waals surface area contributed by atoms with Crippen LogP contribution in [-0.4, -0.2) is 37.1 Å². The number of benzene rings is 1. The summed E-state index contributed by atoms with van der Waals surface area (Å²) in [7, 11) is 0. The molecule has 3 rings (SSSR count). The predicted octanol–water partition coefficient (Wildman–Crippen LogP) is 2.72. The number of piperidine rings is 2. The van der Waals surface area contributed by atoms with Crippen LogP contribution in [0.1, 0.15) is 32.1 Å². The molecule has 0 aliphatic carbocycles. The van der Waals surface area contributed by atoms with E-state index < -0.39 is 0 Å². The van der Waals surface area contributed by atoms with Gasteiger partial charge in [0, 0.05) is 19.1 Å². The standard InChI is InChI=1S/C16H25N3/c17-15-6-2-3-7-16(15)19-12-8-14(9-13-19)18-10-4-1-5-11-18/h2-3,6-7,14H,1,4-5,8-13,17H2. The largest absolute Gasteiger partial charge is 0.397 e. The number of nitrogen functional groups attached to an aromatic ring is 1. The molecule has 0 bridgehead atoms. The maximum atomic E-state index is 6.08. The van der Waals surface area contributed by atoms with Gasteiger partial charge in [0.05, 0.1) is 11.4 Å². The van der Waals surface area contributed by atoms with E-state index in [9.17, 15) is 0 Å². The van der Waals surface area contributed by atoms with Gasteiger partial charge in [0.2, 0.25) is 0 Å². The molecule has 1 aromatic carbocycles. The highest BCUT2D eigenvalue weighted by atomic mass is 15.2. The van der Waals surface area contributed by atoms with Crippen molar-refractivity contribution < 1.29 is 0 Å². The van der Waals surface area contributed by atoms with E-state index in [0.29, 0.717) is 0 Å². The number of hydrogen-bond donors (Lipinski definition) is 1. The normalized spacial score (nSPS) is 22.6. The van der Waals surface area contributed by atoms with Gasteiger partial charge in [0.15, 0.2) is 0 Å². The van der Waals surface area contributed by atoms with Gasteiger partial charge in [-0.05, 0) is 50.9 Å². The summed E-state index contributed by atoms with van der Waals surface area (Å²) in [6.45, 7) is 4.93. The fraction of sp³-hybridized carbons (Fsp3) is 0.625. The van der Waals surface area contributed by atoms with E-state index in [2.05, 4.69) is 21.9 Å². The van der Waals surface area contributed by atoms with Crippen LogP contribution in [0.15, 0.2) is 24.3 Å². The molecule has 0 aromatic heterocycles. The number of anilines is 2. The Bertz CT molecular complexity index is 404. The molecule has 3 nitrogen and oxygen atoms in total. The van der Waals surface area contributed by atoms with Crippen molar-refractivity contribution in [3.8, 4) is 0 Å². The van der Waals surface area contributed by atoms with Crippen LogP contribution in [0.5, 0.6) is 0 Å². The van der Waals surface area contributed by atoms with Crippen molar-refractivity contribution in [2.24, 2.45) is 0 Å². The van der Waals surface area contributed by atoms with Gasteiger partial charge in [-0.3, -0.25) is 0 Å². The SMILES string of the molecule is Nc1ccccc1N1CCC(N2CCCCC2)CC1. The van der Waals surface area contributed by atoms with Crippen molar-refractivity contribution in [2.75, 3.05) is 36.8 Å². The molecule has 2 saturated heterocycles. The first-order chi connectivity index (χ1) is 9.34. The highest BCUT2D eigenvalue weighted by Gasteiger charge is 2.25. The molecular formula is C16H25N3. The van der Waals surface area contributed by atoms with Crippen LogP contribution in [0, 0.1) is 0 Å². The van der Waals surface area contributed by atoms with E-state index in [1.165, 1.54) is 50.9 Å². The molecule has 3 heteroatoms. The molecule has 104 valence electrons. The maximum absolute atomic E-state index is 6.08. The first-order valence-electron chi connectivity index (χ1n) is 7.68. The third-order valence-electron chi connectivity index (χ3n) is 4.65. The maximum Gasteiger partial charge on any atom is 0.0599 e. The second-order valence-electron chi connectivity index (χ2n) is 5.87. The molecule has 0 radical (unpaired) electrons. The monoisotopic (exact) mass is 259 g/mol. The number of para-hydroxylation sites is 2. The number of nitrogens with two attached hydrogens (primary N) is 1. The number of hydrogen-bond acceptors (Lipinski definition) is 3. The van der Waals surface area contributed by atoms with Crippen LogP contribution in [0.25, 0.3) is 0 Å². The number of nitrogens with zero attached hydrogens (tertiary/aromatic N) is 2. The minimum atomic E-state index is 0.807. The van der Waals surface area contributed by atoms with Gasteiger partial charge in [0.25, 0.3) is 0 Å². The lowest BCUT2D eigenvalue weighted by Gasteiger charge is -2.41. The van der Waals surface area contributed by atoms with Crippen molar-refractivity contribution in [1.82, 2.24) is 4.90 Å². The summed E-state index contributed by atoms with van der Waals surface area (Å²) in [5, 5.41) is 0. The fourth-order valence-corrected chi connectivity index (χ4v) is 3.53. The summed E-state index contributed by atoms with van der Waals surface area (Å²) in [5.74, 6) is 0. The summed E-state index contributed by atoms with van der Waals surface area (Å²) in [6.07, 6.45) is 6.79. The Morgan fingerprint density at radius 2 is 1.58 bits per heavy atom. The molecule has 1 aromatic rings. The average molecular weight is 259 g/mol. The molecular weight excluding hydrogens is 234 g/mol. The summed E-state index contributed by atoms with van der Waals surface area (Å²) in [4.78, 5) is 5.17. The Labute approximate surface area is 116 Å². The first-order valence-corrected chi connectivity index (χ1v) is 7.68. The van der Waals surface area contributed by atoms with Crippen molar-refractivity contribution in [1.29, 1.82) is 0 Å². The van der Waals surface area contributed by atoms with Gasteiger partial charge >= 0.3 is 0 Å². The summed E-state index contributed by atoms with van der Waals surface area (Å²) < 4.78 is 0. The van der Waals surface area contributed by atoms with Crippen LogP contribution in [0.3, 0.4) is 0 Å². The lowest BCUT2D eigenvalue weighted by Crippen LogP contribution is -2.46. The van der Waals surface area contributed by atoms with E-state index in [1.807, 2.05) is 12.1 Å². The molecule has 2 N–H and O–H groups in total. The van der Waals surface area contributed by atoms with Gasteiger partial charge < -0.3 is 15.5 Å². The minimum Gasteiger partial charge on any atom is -0.397 e. The lowest BCUT2D eigenvalue weighted by atomic mass is 9.99. The Morgan fingerprint density at radius 3 is 2.26 bits per heavy atom. The lowest BCUT2D eigenvalue weighted by molar-refractivity contribution is 0.141. The van der Waals surface area contributed by atoms with Crippen molar-refractivity contribution in [2.45, 2.75) is 38.1 Å². The predicted molar refractivity (Wildman–Crippen MR) is 81.5 cm³/mol. The van der Waals surface area contributed by atoms with Crippen molar-refractivity contribution >= 4 is 11.4 Å². The molecule has 0 spiro atoms. The summed E-state index contributed by atoms with van der Waals surface area (Å²) in [6, 6.07) is 9.06. The van der Waals surface area contributed by atoms with E-state index in [4.69, 9.17) is 5.73 Å². The molecule has 0 amide bonds. The quantitative estimate of drug-likeness (QED) is 0.829.